The zero-order valence-corrected chi connectivity index (χ0v) is 23.7. The third-order valence-electron chi connectivity index (χ3n) is 8.17. The minimum absolute atomic E-state index is 0.000972. The number of esters is 3. The number of ether oxygens (including phenoxy) is 3. The van der Waals surface area contributed by atoms with Crippen molar-refractivity contribution in [2.45, 2.75) is 92.3 Å². The SMILES string of the molecule is CC(COC(=O)C(C)(C)CC(C)(CC(C)(C)C(=O)Oc1ccccc1)C(=O)OC1CC2CCC1C2)C(F)(F)F. The largest absolute Gasteiger partial charge is 0.465 e. The molecule has 0 spiro atoms. The maximum absolute atomic E-state index is 13.8. The highest BCUT2D eigenvalue weighted by atomic mass is 19.4. The summed E-state index contributed by atoms with van der Waals surface area (Å²) in [7, 11) is 0. The van der Waals surface area contributed by atoms with E-state index in [1.165, 1.54) is 13.8 Å². The highest BCUT2D eigenvalue weighted by Gasteiger charge is 2.51. The Kier molecular flexibility index (Phi) is 9.12. The maximum atomic E-state index is 13.8. The topological polar surface area (TPSA) is 78.9 Å². The van der Waals surface area contributed by atoms with Gasteiger partial charge in [-0.3, -0.25) is 14.4 Å². The van der Waals surface area contributed by atoms with E-state index in [9.17, 15) is 27.6 Å². The molecule has 0 radical (unpaired) electrons. The van der Waals surface area contributed by atoms with Crippen molar-refractivity contribution in [3.63, 3.8) is 0 Å². The first-order valence-electron chi connectivity index (χ1n) is 13.7. The van der Waals surface area contributed by atoms with Crippen molar-refractivity contribution in [1.29, 1.82) is 0 Å². The minimum Gasteiger partial charge on any atom is -0.465 e. The Balaban J connectivity index is 1.79. The molecule has 3 rings (SSSR count). The molecule has 218 valence electrons. The van der Waals surface area contributed by atoms with Crippen LogP contribution < -0.4 is 4.74 Å². The van der Waals surface area contributed by atoms with Crippen LogP contribution in [-0.4, -0.2) is 36.8 Å². The van der Waals surface area contributed by atoms with Crippen LogP contribution >= 0.6 is 0 Å². The van der Waals surface area contributed by atoms with Crippen LogP contribution in [0.15, 0.2) is 30.3 Å². The quantitative estimate of drug-likeness (QED) is 0.219. The summed E-state index contributed by atoms with van der Waals surface area (Å²) in [5.74, 6) is -2.53. The van der Waals surface area contributed by atoms with Gasteiger partial charge in [0.25, 0.3) is 0 Å². The average Bonchev–Trinajstić information content (AvgIpc) is 3.45. The zero-order chi connectivity index (χ0) is 29.2. The fraction of sp³-hybridized carbons (Fsp3) is 0.700. The molecule has 2 fully saturated rings. The van der Waals surface area contributed by atoms with Gasteiger partial charge in [-0.05, 0) is 97.1 Å². The lowest BCUT2D eigenvalue weighted by atomic mass is 9.66. The van der Waals surface area contributed by atoms with Gasteiger partial charge < -0.3 is 14.2 Å². The number of halogens is 3. The first-order valence-corrected chi connectivity index (χ1v) is 13.7. The summed E-state index contributed by atoms with van der Waals surface area (Å²) in [5.41, 5.74) is -3.80. The third-order valence-corrected chi connectivity index (χ3v) is 8.17. The Labute approximate surface area is 229 Å². The molecule has 0 aromatic heterocycles. The molecule has 39 heavy (non-hydrogen) atoms. The van der Waals surface area contributed by atoms with E-state index in [2.05, 4.69) is 0 Å². The van der Waals surface area contributed by atoms with Crippen LogP contribution in [0, 0.1) is 34.0 Å². The monoisotopic (exact) mass is 554 g/mol. The van der Waals surface area contributed by atoms with Crippen molar-refractivity contribution in [3.05, 3.63) is 30.3 Å². The van der Waals surface area contributed by atoms with Crippen LogP contribution in [-0.2, 0) is 23.9 Å². The Morgan fingerprint density at radius 1 is 0.872 bits per heavy atom. The summed E-state index contributed by atoms with van der Waals surface area (Å²) in [6, 6.07) is 8.57. The molecule has 0 heterocycles. The Morgan fingerprint density at radius 2 is 1.46 bits per heavy atom. The number of hydrogen-bond acceptors (Lipinski definition) is 6. The Morgan fingerprint density at radius 3 is 1.97 bits per heavy atom. The molecule has 2 aliphatic rings. The lowest BCUT2D eigenvalue weighted by Crippen LogP contribution is -2.45. The molecule has 1 aromatic carbocycles. The van der Waals surface area contributed by atoms with E-state index >= 15 is 0 Å². The molecular weight excluding hydrogens is 513 g/mol. The molecule has 0 aliphatic heterocycles. The van der Waals surface area contributed by atoms with Gasteiger partial charge in [0.2, 0.25) is 0 Å². The molecule has 0 N–H and O–H groups in total. The molecular formula is C30H41F3O6. The molecule has 2 aliphatic carbocycles. The van der Waals surface area contributed by atoms with E-state index in [1.807, 2.05) is 0 Å². The lowest BCUT2D eigenvalue weighted by Gasteiger charge is -2.39. The zero-order valence-electron chi connectivity index (χ0n) is 23.7. The van der Waals surface area contributed by atoms with Crippen molar-refractivity contribution >= 4 is 17.9 Å². The Hall–Kier alpha value is -2.58. The van der Waals surface area contributed by atoms with Crippen LogP contribution in [0.3, 0.4) is 0 Å². The van der Waals surface area contributed by atoms with Crippen molar-refractivity contribution in [1.82, 2.24) is 0 Å². The van der Waals surface area contributed by atoms with E-state index in [0.29, 0.717) is 17.6 Å². The molecule has 9 heteroatoms. The lowest BCUT2D eigenvalue weighted by molar-refractivity contribution is -0.190. The number of para-hydroxylation sites is 1. The summed E-state index contributed by atoms with van der Waals surface area (Å²) in [5, 5.41) is 0. The van der Waals surface area contributed by atoms with E-state index in [0.717, 1.165) is 32.6 Å². The van der Waals surface area contributed by atoms with Crippen LogP contribution in [0.5, 0.6) is 5.75 Å². The smallest absolute Gasteiger partial charge is 0.394 e. The summed E-state index contributed by atoms with van der Waals surface area (Å²) >= 11 is 0. The summed E-state index contributed by atoms with van der Waals surface area (Å²) in [4.78, 5) is 39.9. The summed E-state index contributed by atoms with van der Waals surface area (Å²) < 4.78 is 55.5. The fourth-order valence-corrected chi connectivity index (χ4v) is 6.14. The van der Waals surface area contributed by atoms with Crippen molar-refractivity contribution in [2.75, 3.05) is 6.61 Å². The minimum atomic E-state index is -4.49. The van der Waals surface area contributed by atoms with Crippen molar-refractivity contribution in [3.8, 4) is 5.75 Å². The van der Waals surface area contributed by atoms with Crippen LogP contribution in [0.25, 0.3) is 0 Å². The molecule has 2 bridgehead atoms. The second kappa shape index (κ2) is 11.5. The number of benzene rings is 1. The van der Waals surface area contributed by atoms with E-state index in [4.69, 9.17) is 14.2 Å². The molecule has 0 amide bonds. The number of fused-ring (bicyclic) bond motifs is 2. The van der Waals surface area contributed by atoms with Gasteiger partial charge in [0.15, 0.2) is 0 Å². The van der Waals surface area contributed by atoms with Gasteiger partial charge in [0.1, 0.15) is 18.5 Å². The number of alkyl halides is 3. The van der Waals surface area contributed by atoms with Crippen LogP contribution in [0.2, 0.25) is 0 Å². The second-order valence-electron chi connectivity index (χ2n) is 13.0. The highest BCUT2D eigenvalue weighted by molar-refractivity contribution is 5.83. The molecule has 1 aromatic rings. The maximum Gasteiger partial charge on any atom is 0.394 e. The first-order chi connectivity index (χ1) is 17.9. The van der Waals surface area contributed by atoms with Gasteiger partial charge >= 0.3 is 24.1 Å². The van der Waals surface area contributed by atoms with Crippen LogP contribution in [0.1, 0.15) is 80.1 Å². The highest BCUT2D eigenvalue weighted by Crippen LogP contribution is 2.49. The van der Waals surface area contributed by atoms with Gasteiger partial charge in [0.05, 0.1) is 22.2 Å². The molecule has 2 saturated carbocycles. The van der Waals surface area contributed by atoms with Crippen LogP contribution in [0.4, 0.5) is 13.2 Å². The van der Waals surface area contributed by atoms with Crippen molar-refractivity contribution < 1.29 is 41.8 Å². The van der Waals surface area contributed by atoms with Gasteiger partial charge in [-0.2, -0.15) is 13.2 Å². The number of carbonyl (C=O) groups excluding carboxylic acids is 3. The Bertz CT molecular complexity index is 1030. The van der Waals surface area contributed by atoms with Gasteiger partial charge in [-0.15, -0.1) is 0 Å². The van der Waals surface area contributed by atoms with E-state index in [1.54, 1.807) is 51.1 Å². The van der Waals surface area contributed by atoms with Gasteiger partial charge in [-0.25, -0.2) is 0 Å². The molecule has 5 atom stereocenters. The number of hydrogen-bond donors (Lipinski definition) is 0. The van der Waals surface area contributed by atoms with E-state index in [-0.39, 0.29) is 18.9 Å². The standard InChI is InChI=1S/C30H41F3O6/c1-19(30(31,32)33)16-37-24(34)27(2,3)17-29(6,26(36)39-23-15-20-12-13-21(23)14-20)18-28(4,5)25(35)38-22-10-8-7-9-11-22/h7-11,19-21,23H,12-18H2,1-6H3. The second-order valence-corrected chi connectivity index (χ2v) is 13.0. The van der Waals surface area contributed by atoms with E-state index < -0.39 is 52.9 Å². The molecule has 6 nitrogen and oxygen atoms in total. The van der Waals surface area contributed by atoms with Crippen molar-refractivity contribution in [2.24, 2.45) is 34.0 Å². The average molecular weight is 555 g/mol. The van der Waals surface area contributed by atoms with Gasteiger partial charge in [-0.1, -0.05) is 25.1 Å². The fourth-order valence-electron chi connectivity index (χ4n) is 6.14. The molecule has 5 unspecified atom stereocenters. The molecule has 0 saturated heterocycles. The summed E-state index contributed by atoms with van der Waals surface area (Å²) in [6.45, 7) is 8.17. The normalized spacial score (nSPS) is 23.6. The number of rotatable bonds is 11. The summed E-state index contributed by atoms with van der Waals surface area (Å²) in [6.07, 6.45) is -0.829. The number of carbonyl (C=O) groups is 3. The predicted octanol–water partition coefficient (Wildman–Crippen LogP) is 6.90. The first kappa shape index (κ1) is 31.0. The predicted molar refractivity (Wildman–Crippen MR) is 138 cm³/mol. The van der Waals surface area contributed by atoms with Gasteiger partial charge in [0, 0.05) is 0 Å². The third kappa shape index (κ3) is 7.76.